The molecule has 0 bridgehead atoms. The Bertz CT molecular complexity index is 429. The number of nitrogens with zero attached hydrogens (tertiary/aromatic N) is 1. The highest BCUT2D eigenvalue weighted by Gasteiger charge is 2.27. The minimum absolute atomic E-state index is 0.774. The molecule has 3 rings (SSSR count). The van der Waals surface area contributed by atoms with Gasteiger partial charge >= 0.3 is 0 Å². The molecule has 1 heterocycles. The lowest BCUT2D eigenvalue weighted by molar-refractivity contribution is 0.133. The summed E-state index contributed by atoms with van der Waals surface area (Å²) in [5.74, 6) is 0.774. The molecule has 2 aliphatic rings. The van der Waals surface area contributed by atoms with Crippen LogP contribution in [0.1, 0.15) is 55.6 Å². The molecule has 1 aromatic rings. The van der Waals surface area contributed by atoms with Gasteiger partial charge in [-0.2, -0.15) is 0 Å². The lowest BCUT2D eigenvalue weighted by atomic mass is 9.82. The van der Waals surface area contributed by atoms with Crippen molar-refractivity contribution in [3.63, 3.8) is 0 Å². The maximum Gasteiger partial charge on any atom is 0.0103 e. The molecule has 0 radical (unpaired) electrons. The number of hydrogen-bond acceptors (Lipinski definition) is 1. The Kier molecular flexibility index (Phi) is 5.17. The van der Waals surface area contributed by atoms with Crippen LogP contribution < -0.4 is 0 Å². The first-order valence-electron chi connectivity index (χ1n) is 8.26. The van der Waals surface area contributed by atoms with Crippen molar-refractivity contribution in [2.75, 3.05) is 18.4 Å². The van der Waals surface area contributed by atoms with Gasteiger partial charge in [-0.3, -0.25) is 4.90 Å². The van der Waals surface area contributed by atoms with Gasteiger partial charge in [0.15, 0.2) is 0 Å². The largest absolute Gasteiger partial charge is 0.300 e. The highest BCUT2D eigenvalue weighted by atomic mass is 79.9. The third-order valence-electron chi connectivity index (χ3n) is 5.14. The third kappa shape index (κ3) is 3.28. The highest BCUT2D eigenvalue weighted by Crippen LogP contribution is 2.33. The molecule has 1 nitrogen and oxygen atoms in total. The molecule has 0 N–H and O–H groups in total. The van der Waals surface area contributed by atoms with Crippen LogP contribution in [0.3, 0.4) is 0 Å². The fourth-order valence-corrected chi connectivity index (χ4v) is 4.61. The topological polar surface area (TPSA) is 3.24 Å². The highest BCUT2D eigenvalue weighted by molar-refractivity contribution is 9.09. The van der Waals surface area contributed by atoms with Gasteiger partial charge in [-0.15, -0.1) is 0 Å². The first-order valence-corrected chi connectivity index (χ1v) is 9.38. The number of hydrogen-bond donors (Lipinski definition) is 0. The van der Waals surface area contributed by atoms with Gasteiger partial charge in [0.1, 0.15) is 0 Å². The lowest BCUT2D eigenvalue weighted by Crippen LogP contribution is -2.42. The number of rotatable bonds is 4. The normalized spacial score (nSPS) is 27.2. The molecule has 2 atom stereocenters. The minimum atomic E-state index is 0.774. The van der Waals surface area contributed by atoms with Crippen LogP contribution in [0, 0.1) is 0 Å². The maximum atomic E-state index is 3.64. The van der Waals surface area contributed by atoms with Gasteiger partial charge < -0.3 is 0 Å². The molecule has 1 aromatic carbocycles. The van der Waals surface area contributed by atoms with Crippen molar-refractivity contribution in [1.29, 1.82) is 0 Å². The van der Waals surface area contributed by atoms with E-state index in [4.69, 9.17) is 0 Å². The Labute approximate surface area is 131 Å². The molecule has 20 heavy (non-hydrogen) atoms. The van der Waals surface area contributed by atoms with Gasteiger partial charge in [-0.25, -0.2) is 0 Å². The Morgan fingerprint density at radius 1 is 1.10 bits per heavy atom. The van der Waals surface area contributed by atoms with E-state index in [2.05, 4.69) is 45.1 Å². The van der Waals surface area contributed by atoms with E-state index in [9.17, 15) is 0 Å². The summed E-state index contributed by atoms with van der Waals surface area (Å²) < 4.78 is 0. The molecule has 0 spiro atoms. The summed E-state index contributed by atoms with van der Waals surface area (Å²) >= 11 is 3.64. The summed E-state index contributed by atoms with van der Waals surface area (Å²) in [5, 5.41) is 1.15. The molecule has 110 valence electrons. The van der Waals surface area contributed by atoms with Gasteiger partial charge in [0.2, 0.25) is 0 Å². The Hall–Kier alpha value is -0.340. The number of piperidine rings is 1. The second-order valence-corrected chi connectivity index (χ2v) is 7.20. The smallest absolute Gasteiger partial charge is 0.0103 e. The summed E-state index contributed by atoms with van der Waals surface area (Å²) in [6.07, 6.45) is 9.58. The Morgan fingerprint density at radius 3 is 2.90 bits per heavy atom. The van der Waals surface area contributed by atoms with Crippen molar-refractivity contribution < 1.29 is 0 Å². The van der Waals surface area contributed by atoms with Crippen LogP contribution in [-0.4, -0.2) is 29.4 Å². The molecule has 0 saturated carbocycles. The van der Waals surface area contributed by atoms with Crippen molar-refractivity contribution in [3.8, 4) is 0 Å². The number of alkyl halides is 1. The van der Waals surface area contributed by atoms with Crippen LogP contribution in [0.15, 0.2) is 24.3 Å². The zero-order valence-corrected chi connectivity index (χ0v) is 13.9. The maximum absolute atomic E-state index is 3.64. The first kappa shape index (κ1) is 14.6. The first-order chi connectivity index (χ1) is 9.88. The molecule has 1 aliphatic heterocycles. The second kappa shape index (κ2) is 7.09. The summed E-state index contributed by atoms with van der Waals surface area (Å²) in [7, 11) is 0. The second-order valence-electron chi connectivity index (χ2n) is 6.41. The molecular weight excluding hydrogens is 310 g/mol. The predicted octanol–water partition coefficient (Wildman–Crippen LogP) is 4.75. The molecular formula is C18H26BrN. The van der Waals surface area contributed by atoms with E-state index in [1.54, 1.807) is 11.1 Å². The third-order valence-corrected chi connectivity index (χ3v) is 5.60. The number of benzene rings is 1. The SMILES string of the molecule is BrCCC1CCCCN1CC1CCCc2ccccc21. The van der Waals surface area contributed by atoms with E-state index in [0.717, 1.165) is 17.3 Å². The molecule has 0 aromatic heterocycles. The fourth-order valence-electron chi connectivity index (χ4n) is 4.08. The zero-order valence-electron chi connectivity index (χ0n) is 12.4. The average Bonchev–Trinajstić information content (AvgIpc) is 2.50. The van der Waals surface area contributed by atoms with Crippen LogP contribution in [0.4, 0.5) is 0 Å². The summed E-state index contributed by atoms with van der Waals surface area (Å²) in [6.45, 7) is 2.60. The summed E-state index contributed by atoms with van der Waals surface area (Å²) in [5.41, 5.74) is 3.25. The van der Waals surface area contributed by atoms with E-state index in [1.807, 2.05) is 0 Å². The van der Waals surface area contributed by atoms with E-state index in [1.165, 1.54) is 58.0 Å². The van der Waals surface area contributed by atoms with Crippen molar-refractivity contribution in [2.24, 2.45) is 0 Å². The van der Waals surface area contributed by atoms with Gasteiger partial charge in [0, 0.05) is 17.9 Å². The van der Waals surface area contributed by atoms with Gasteiger partial charge in [-0.1, -0.05) is 46.6 Å². The zero-order chi connectivity index (χ0) is 13.8. The summed E-state index contributed by atoms with van der Waals surface area (Å²) in [6, 6.07) is 9.97. The number of fused-ring (bicyclic) bond motifs is 1. The van der Waals surface area contributed by atoms with Crippen LogP contribution in [0.2, 0.25) is 0 Å². The Balaban J connectivity index is 1.71. The quantitative estimate of drug-likeness (QED) is 0.718. The Morgan fingerprint density at radius 2 is 2.00 bits per heavy atom. The van der Waals surface area contributed by atoms with Gasteiger partial charge in [0.25, 0.3) is 0 Å². The van der Waals surface area contributed by atoms with Gasteiger partial charge in [-0.05, 0) is 62.1 Å². The van der Waals surface area contributed by atoms with Crippen molar-refractivity contribution in [2.45, 2.75) is 56.9 Å². The number of likely N-dealkylation sites (tertiary alicyclic amines) is 1. The predicted molar refractivity (Wildman–Crippen MR) is 89.7 cm³/mol. The average molecular weight is 336 g/mol. The minimum Gasteiger partial charge on any atom is -0.300 e. The molecule has 2 heteroatoms. The molecule has 1 saturated heterocycles. The number of aryl methyl sites for hydroxylation is 1. The lowest BCUT2D eigenvalue weighted by Gasteiger charge is -2.39. The fraction of sp³-hybridized carbons (Fsp3) is 0.667. The van der Waals surface area contributed by atoms with E-state index in [-0.39, 0.29) is 0 Å². The van der Waals surface area contributed by atoms with E-state index in [0.29, 0.717) is 0 Å². The monoisotopic (exact) mass is 335 g/mol. The van der Waals surface area contributed by atoms with Crippen molar-refractivity contribution in [3.05, 3.63) is 35.4 Å². The summed E-state index contributed by atoms with van der Waals surface area (Å²) in [4.78, 5) is 2.79. The molecule has 1 aliphatic carbocycles. The van der Waals surface area contributed by atoms with E-state index < -0.39 is 0 Å². The van der Waals surface area contributed by atoms with E-state index >= 15 is 0 Å². The molecule has 0 amide bonds. The number of halogens is 1. The standard InChI is InChI=1S/C18H26BrN/c19-12-11-17-9-3-4-13-20(17)14-16-8-5-7-15-6-1-2-10-18(15)16/h1-2,6,10,16-17H,3-5,7-9,11-14H2. The van der Waals surface area contributed by atoms with Crippen LogP contribution in [0.5, 0.6) is 0 Å². The van der Waals surface area contributed by atoms with Gasteiger partial charge in [0.05, 0.1) is 0 Å². The molecule has 2 unspecified atom stereocenters. The van der Waals surface area contributed by atoms with Crippen molar-refractivity contribution in [1.82, 2.24) is 4.90 Å². The van der Waals surface area contributed by atoms with Crippen LogP contribution in [0.25, 0.3) is 0 Å². The van der Waals surface area contributed by atoms with Crippen LogP contribution in [-0.2, 0) is 6.42 Å². The molecule has 1 fully saturated rings. The van der Waals surface area contributed by atoms with Crippen LogP contribution >= 0.6 is 15.9 Å². The van der Waals surface area contributed by atoms with Crippen molar-refractivity contribution >= 4 is 15.9 Å².